The monoisotopic (exact) mass is 363 g/mol. The highest BCUT2D eigenvalue weighted by atomic mass is 14.3. The Morgan fingerprint density at radius 3 is 2.22 bits per heavy atom. The summed E-state index contributed by atoms with van der Waals surface area (Å²) >= 11 is 0. The lowest BCUT2D eigenvalue weighted by molar-refractivity contribution is 0.259. The van der Waals surface area contributed by atoms with Crippen LogP contribution >= 0.6 is 0 Å². The molecule has 2 saturated carbocycles. The van der Waals surface area contributed by atoms with Gasteiger partial charge in [0.05, 0.1) is 11.6 Å². The van der Waals surface area contributed by atoms with Gasteiger partial charge >= 0.3 is 0 Å². The summed E-state index contributed by atoms with van der Waals surface area (Å²) in [6.45, 7) is 2.31. The number of nitrogens with zero attached hydrogens (tertiary/aromatic N) is 1. The first-order chi connectivity index (χ1) is 13.3. The summed E-state index contributed by atoms with van der Waals surface area (Å²) in [6, 6.07) is 10.5. The summed E-state index contributed by atoms with van der Waals surface area (Å²) in [6.07, 6.45) is 20.7. The average molecular weight is 364 g/mol. The molecule has 1 heteroatoms. The minimum atomic E-state index is 0.688. The SMILES string of the molecule is CCCCC[C@H]1CC[C@H](CC=C2CCC(c3ccc(C#N)cc3)CC2)CC1. The summed E-state index contributed by atoms with van der Waals surface area (Å²) in [4.78, 5) is 0. The van der Waals surface area contributed by atoms with Crippen molar-refractivity contribution in [2.24, 2.45) is 11.8 Å². The molecule has 0 saturated heterocycles. The highest BCUT2D eigenvalue weighted by molar-refractivity contribution is 5.33. The first-order valence-electron chi connectivity index (χ1n) is 11.5. The fourth-order valence-electron chi connectivity index (χ4n) is 5.13. The van der Waals surface area contributed by atoms with E-state index in [0.29, 0.717) is 5.92 Å². The van der Waals surface area contributed by atoms with Crippen LogP contribution in [0.4, 0.5) is 0 Å². The maximum Gasteiger partial charge on any atom is 0.0991 e. The van der Waals surface area contributed by atoms with E-state index < -0.39 is 0 Å². The van der Waals surface area contributed by atoms with Gasteiger partial charge in [-0.15, -0.1) is 0 Å². The molecular formula is C26H37N. The average Bonchev–Trinajstić information content (AvgIpc) is 2.74. The molecule has 0 N–H and O–H groups in total. The van der Waals surface area contributed by atoms with Gasteiger partial charge in [-0.2, -0.15) is 5.26 Å². The zero-order valence-corrected chi connectivity index (χ0v) is 17.3. The van der Waals surface area contributed by atoms with Crippen LogP contribution in [0.2, 0.25) is 0 Å². The van der Waals surface area contributed by atoms with Gasteiger partial charge in [0.1, 0.15) is 0 Å². The Kier molecular flexibility index (Phi) is 8.00. The Morgan fingerprint density at radius 1 is 0.926 bits per heavy atom. The molecule has 0 atom stereocenters. The molecule has 0 bridgehead atoms. The number of hydrogen-bond acceptors (Lipinski definition) is 1. The second-order valence-electron chi connectivity index (χ2n) is 8.99. The van der Waals surface area contributed by atoms with Crippen molar-refractivity contribution in [3.05, 3.63) is 47.0 Å². The van der Waals surface area contributed by atoms with Crippen molar-refractivity contribution < 1.29 is 0 Å². The number of unbranched alkanes of at least 4 members (excludes halogenated alkanes) is 2. The lowest BCUT2D eigenvalue weighted by Crippen LogP contribution is -2.14. The van der Waals surface area contributed by atoms with E-state index in [1.54, 1.807) is 5.57 Å². The summed E-state index contributed by atoms with van der Waals surface area (Å²) in [7, 11) is 0. The van der Waals surface area contributed by atoms with Crippen LogP contribution in [0.5, 0.6) is 0 Å². The second-order valence-corrected chi connectivity index (χ2v) is 8.99. The van der Waals surface area contributed by atoms with Gasteiger partial charge in [0, 0.05) is 0 Å². The molecule has 2 aliphatic rings. The molecule has 0 spiro atoms. The second kappa shape index (κ2) is 10.7. The van der Waals surface area contributed by atoms with Crippen LogP contribution < -0.4 is 0 Å². The lowest BCUT2D eigenvalue weighted by atomic mass is 9.77. The van der Waals surface area contributed by atoms with E-state index in [0.717, 1.165) is 17.4 Å². The van der Waals surface area contributed by atoms with Gasteiger partial charge in [-0.3, -0.25) is 0 Å². The highest BCUT2D eigenvalue weighted by Gasteiger charge is 2.21. The third-order valence-electron chi connectivity index (χ3n) is 7.06. The lowest BCUT2D eigenvalue weighted by Gasteiger charge is -2.29. The van der Waals surface area contributed by atoms with Crippen molar-refractivity contribution in [3.8, 4) is 6.07 Å². The van der Waals surface area contributed by atoms with E-state index >= 15 is 0 Å². The molecule has 2 aliphatic carbocycles. The Hall–Kier alpha value is -1.55. The zero-order chi connectivity index (χ0) is 18.9. The van der Waals surface area contributed by atoms with Gasteiger partial charge in [-0.1, -0.05) is 69.2 Å². The van der Waals surface area contributed by atoms with Crippen LogP contribution in [-0.4, -0.2) is 0 Å². The maximum atomic E-state index is 8.95. The van der Waals surface area contributed by atoms with Gasteiger partial charge in [-0.05, 0) is 80.4 Å². The molecule has 3 rings (SSSR count). The Bertz CT molecular complexity index is 615. The van der Waals surface area contributed by atoms with Crippen LogP contribution in [0.3, 0.4) is 0 Å². The molecule has 1 aromatic carbocycles. The van der Waals surface area contributed by atoms with E-state index in [1.165, 1.54) is 89.0 Å². The molecule has 0 heterocycles. The van der Waals surface area contributed by atoms with Crippen molar-refractivity contribution in [3.63, 3.8) is 0 Å². The van der Waals surface area contributed by atoms with E-state index in [2.05, 4.69) is 31.2 Å². The largest absolute Gasteiger partial charge is 0.192 e. The van der Waals surface area contributed by atoms with E-state index in [-0.39, 0.29) is 0 Å². The summed E-state index contributed by atoms with van der Waals surface area (Å²) in [5.41, 5.74) is 3.91. The molecule has 0 radical (unpaired) electrons. The van der Waals surface area contributed by atoms with Gasteiger partial charge in [0.2, 0.25) is 0 Å². The fourth-order valence-corrected chi connectivity index (χ4v) is 5.13. The Balaban J connectivity index is 1.37. The van der Waals surface area contributed by atoms with Gasteiger partial charge in [-0.25, -0.2) is 0 Å². The van der Waals surface area contributed by atoms with Crippen molar-refractivity contribution in [1.29, 1.82) is 5.26 Å². The highest BCUT2D eigenvalue weighted by Crippen LogP contribution is 2.38. The number of benzene rings is 1. The van der Waals surface area contributed by atoms with E-state index in [9.17, 15) is 0 Å². The zero-order valence-electron chi connectivity index (χ0n) is 17.3. The molecule has 0 aliphatic heterocycles. The first-order valence-corrected chi connectivity index (χ1v) is 11.5. The summed E-state index contributed by atoms with van der Waals surface area (Å²) < 4.78 is 0. The maximum absolute atomic E-state index is 8.95. The van der Waals surface area contributed by atoms with Crippen molar-refractivity contribution in [1.82, 2.24) is 0 Å². The van der Waals surface area contributed by atoms with Gasteiger partial charge in [0.15, 0.2) is 0 Å². The van der Waals surface area contributed by atoms with Crippen molar-refractivity contribution in [2.45, 2.75) is 96.3 Å². The Morgan fingerprint density at radius 2 is 1.59 bits per heavy atom. The molecule has 1 nitrogen and oxygen atoms in total. The van der Waals surface area contributed by atoms with Crippen molar-refractivity contribution >= 4 is 0 Å². The molecule has 0 aromatic heterocycles. The molecular weight excluding hydrogens is 326 g/mol. The predicted octanol–water partition coefficient (Wildman–Crippen LogP) is 7.92. The molecule has 146 valence electrons. The minimum Gasteiger partial charge on any atom is -0.192 e. The minimum absolute atomic E-state index is 0.688. The predicted molar refractivity (Wildman–Crippen MR) is 115 cm³/mol. The smallest absolute Gasteiger partial charge is 0.0991 e. The number of allylic oxidation sites excluding steroid dienone is 2. The quantitative estimate of drug-likeness (QED) is 0.356. The molecule has 1 aromatic rings. The van der Waals surface area contributed by atoms with Gasteiger partial charge < -0.3 is 0 Å². The van der Waals surface area contributed by atoms with Crippen LogP contribution in [0.25, 0.3) is 0 Å². The normalized spacial score (nSPS) is 25.8. The third-order valence-corrected chi connectivity index (χ3v) is 7.06. The van der Waals surface area contributed by atoms with Gasteiger partial charge in [0.25, 0.3) is 0 Å². The molecule has 0 amide bonds. The van der Waals surface area contributed by atoms with E-state index in [4.69, 9.17) is 5.26 Å². The molecule has 0 unspecified atom stereocenters. The number of hydrogen-bond donors (Lipinski definition) is 0. The first kappa shape index (κ1) is 20.2. The topological polar surface area (TPSA) is 23.8 Å². The van der Waals surface area contributed by atoms with Crippen molar-refractivity contribution in [2.75, 3.05) is 0 Å². The van der Waals surface area contributed by atoms with Crippen LogP contribution in [-0.2, 0) is 0 Å². The van der Waals surface area contributed by atoms with E-state index in [1.807, 2.05) is 12.1 Å². The molecule has 2 fully saturated rings. The van der Waals surface area contributed by atoms with Crippen LogP contribution in [0.15, 0.2) is 35.9 Å². The summed E-state index contributed by atoms with van der Waals surface area (Å²) in [5, 5.41) is 8.95. The molecule has 27 heavy (non-hydrogen) atoms. The number of nitriles is 1. The third kappa shape index (κ3) is 6.24. The van der Waals surface area contributed by atoms with Crippen LogP contribution in [0, 0.1) is 23.2 Å². The Labute approximate surface area is 166 Å². The standard InChI is InChI=1S/C26H37N/c1-2-3-4-5-21-6-8-22(9-7-21)10-11-23-12-16-25(17-13-23)26-18-14-24(20-27)15-19-26/h11,14-15,18-19,21-22,25H,2-10,12-13,16-17H2,1H3/t21-,22-,25?. The van der Waals surface area contributed by atoms with Crippen LogP contribution in [0.1, 0.15) is 107 Å². The number of rotatable bonds is 7. The summed E-state index contributed by atoms with van der Waals surface area (Å²) in [5.74, 6) is 2.67. The fraction of sp³-hybridized carbons (Fsp3) is 0.654.